The molecule has 0 aliphatic carbocycles. The maximum atomic E-state index is 12.8. The van der Waals surface area contributed by atoms with E-state index in [4.69, 9.17) is 4.74 Å². The molecule has 1 saturated heterocycles. The van der Waals surface area contributed by atoms with E-state index in [9.17, 15) is 4.79 Å². The van der Waals surface area contributed by atoms with Gasteiger partial charge in [0.25, 0.3) is 5.91 Å². The highest BCUT2D eigenvalue weighted by Gasteiger charge is 2.28. The largest absolute Gasteiger partial charge is 0.368 e. The standard InChI is InChI=1S/C17H22N6O2/c1-11-13(9-19-12(2)20-11)16(24)23-7-8-25-15(10-23)14-5-6-18-17(21-14)22(3)4/h5-6,9,15H,7-8,10H2,1-4H3. The Hall–Kier alpha value is -2.61. The molecular formula is C17H22N6O2. The van der Waals surface area contributed by atoms with Crippen LogP contribution in [0.3, 0.4) is 0 Å². The first-order valence-electron chi connectivity index (χ1n) is 8.17. The predicted octanol–water partition coefficient (Wildman–Crippen LogP) is 1.16. The third kappa shape index (κ3) is 3.74. The number of morpholine rings is 1. The van der Waals surface area contributed by atoms with Gasteiger partial charge in [-0.3, -0.25) is 4.79 Å². The van der Waals surface area contributed by atoms with Gasteiger partial charge >= 0.3 is 0 Å². The van der Waals surface area contributed by atoms with Gasteiger partial charge in [-0.25, -0.2) is 19.9 Å². The Labute approximate surface area is 146 Å². The molecule has 0 bridgehead atoms. The topological polar surface area (TPSA) is 84.3 Å². The van der Waals surface area contributed by atoms with Crippen molar-refractivity contribution in [2.24, 2.45) is 0 Å². The van der Waals surface area contributed by atoms with Crippen LogP contribution >= 0.6 is 0 Å². The van der Waals surface area contributed by atoms with Crippen molar-refractivity contribution in [1.29, 1.82) is 0 Å². The number of hydrogen-bond donors (Lipinski definition) is 0. The fourth-order valence-electron chi connectivity index (χ4n) is 2.73. The molecular weight excluding hydrogens is 320 g/mol. The van der Waals surface area contributed by atoms with Crippen LogP contribution in [0, 0.1) is 13.8 Å². The molecule has 2 aromatic rings. The van der Waals surface area contributed by atoms with E-state index in [0.29, 0.717) is 42.7 Å². The average molecular weight is 342 g/mol. The lowest BCUT2D eigenvalue weighted by molar-refractivity contribution is -0.0248. The summed E-state index contributed by atoms with van der Waals surface area (Å²) in [6, 6.07) is 1.83. The van der Waals surface area contributed by atoms with Crippen LogP contribution in [0.2, 0.25) is 0 Å². The van der Waals surface area contributed by atoms with Crippen molar-refractivity contribution in [2.45, 2.75) is 20.0 Å². The number of rotatable bonds is 3. The molecule has 8 heteroatoms. The fourth-order valence-corrected chi connectivity index (χ4v) is 2.73. The summed E-state index contributed by atoms with van der Waals surface area (Å²) in [5.41, 5.74) is 1.99. The Bertz CT molecular complexity index is 779. The predicted molar refractivity (Wildman–Crippen MR) is 92.5 cm³/mol. The van der Waals surface area contributed by atoms with Crippen LogP contribution in [0.1, 0.15) is 33.7 Å². The van der Waals surface area contributed by atoms with Gasteiger partial charge in [0.2, 0.25) is 5.95 Å². The molecule has 1 fully saturated rings. The van der Waals surface area contributed by atoms with Gasteiger partial charge in [0.05, 0.1) is 30.1 Å². The minimum absolute atomic E-state index is 0.0762. The summed E-state index contributed by atoms with van der Waals surface area (Å²) in [5, 5.41) is 0. The molecule has 0 radical (unpaired) electrons. The van der Waals surface area contributed by atoms with E-state index >= 15 is 0 Å². The fraction of sp³-hybridized carbons (Fsp3) is 0.471. The number of aromatic nitrogens is 4. The van der Waals surface area contributed by atoms with E-state index in [-0.39, 0.29) is 12.0 Å². The van der Waals surface area contributed by atoms with E-state index in [2.05, 4.69) is 19.9 Å². The Balaban J connectivity index is 1.79. The van der Waals surface area contributed by atoms with E-state index in [0.717, 1.165) is 5.69 Å². The van der Waals surface area contributed by atoms with Crippen molar-refractivity contribution in [3.63, 3.8) is 0 Å². The zero-order chi connectivity index (χ0) is 18.0. The van der Waals surface area contributed by atoms with Gasteiger partial charge in [-0.2, -0.15) is 0 Å². The minimum atomic E-state index is -0.272. The number of amides is 1. The highest BCUT2D eigenvalue weighted by Crippen LogP contribution is 2.23. The Kier molecular flexibility index (Phi) is 4.89. The molecule has 0 saturated carbocycles. The molecule has 132 valence electrons. The number of ether oxygens (including phenoxy) is 1. The number of carbonyl (C=O) groups excluding carboxylic acids is 1. The van der Waals surface area contributed by atoms with Crippen LogP contribution < -0.4 is 4.90 Å². The first kappa shape index (κ1) is 17.2. The summed E-state index contributed by atoms with van der Waals surface area (Å²) < 4.78 is 5.83. The van der Waals surface area contributed by atoms with Crippen molar-refractivity contribution >= 4 is 11.9 Å². The lowest BCUT2D eigenvalue weighted by atomic mass is 10.1. The highest BCUT2D eigenvalue weighted by atomic mass is 16.5. The molecule has 1 aliphatic rings. The zero-order valence-corrected chi connectivity index (χ0v) is 14.9. The highest BCUT2D eigenvalue weighted by molar-refractivity contribution is 5.95. The van der Waals surface area contributed by atoms with Crippen molar-refractivity contribution in [2.75, 3.05) is 38.7 Å². The van der Waals surface area contributed by atoms with Crippen molar-refractivity contribution in [3.05, 3.63) is 41.2 Å². The van der Waals surface area contributed by atoms with E-state index in [1.165, 1.54) is 0 Å². The third-order valence-corrected chi connectivity index (χ3v) is 4.08. The monoisotopic (exact) mass is 342 g/mol. The Morgan fingerprint density at radius 2 is 2.08 bits per heavy atom. The molecule has 1 unspecified atom stereocenters. The number of hydrogen-bond acceptors (Lipinski definition) is 7. The summed E-state index contributed by atoms with van der Waals surface area (Å²) in [6.07, 6.45) is 3.03. The van der Waals surface area contributed by atoms with Crippen LogP contribution in [0.25, 0.3) is 0 Å². The summed E-state index contributed by atoms with van der Waals surface area (Å²) in [4.78, 5) is 33.6. The van der Waals surface area contributed by atoms with Gasteiger partial charge in [-0.15, -0.1) is 0 Å². The van der Waals surface area contributed by atoms with E-state index < -0.39 is 0 Å². The van der Waals surface area contributed by atoms with Crippen molar-refractivity contribution < 1.29 is 9.53 Å². The maximum Gasteiger partial charge on any atom is 0.257 e. The quantitative estimate of drug-likeness (QED) is 0.827. The molecule has 1 aliphatic heterocycles. The van der Waals surface area contributed by atoms with Gasteiger partial charge in [-0.05, 0) is 19.9 Å². The lowest BCUT2D eigenvalue weighted by Gasteiger charge is -2.33. The second-order valence-electron chi connectivity index (χ2n) is 6.20. The van der Waals surface area contributed by atoms with E-state index in [1.54, 1.807) is 17.3 Å². The van der Waals surface area contributed by atoms with Crippen molar-refractivity contribution in [3.8, 4) is 0 Å². The summed E-state index contributed by atoms with van der Waals surface area (Å²) >= 11 is 0. The first-order chi connectivity index (χ1) is 12.0. The van der Waals surface area contributed by atoms with Gasteiger partial charge < -0.3 is 14.5 Å². The van der Waals surface area contributed by atoms with Gasteiger partial charge in [-0.1, -0.05) is 0 Å². The molecule has 1 amide bonds. The number of nitrogens with zero attached hydrogens (tertiary/aromatic N) is 6. The molecule has 25 heavy (non-hydrogen) atoms. The second kappa shape index (κ2) is 7.10. The van der Waals surface area contributed by atoms with Gasteiger partial charge in [0.1, 0.15) is 11.9 Å². The van der Waals surface area contributed by atoms with Gasteiger partial charge in [0.15, 0.2) is 0 Å². The maximum absolute atomic E-state index is 12.8. The van der Waals surface area contributed by atoms with E-state index in [1.807, 2.05) is 38.9 Å². The minimum Gasteiger partial charge on any atom is -0.368 e. The Morgan fingerprint density at radius 3 is 2.80 bits per heavy atom. The number of anilines is 1. The van der Waals surface area contributed by atoms with Crippen molar-refractivity contribution in [1.82, 2.24) is 24.8 Å². The smallest absolute Gasteiger partial charge is 0.257 e. The average Bonchev–Trinajstić information content (AvgIpc) is 2.61. The molecule has 0 aromatic carbocycles. The molecule has 3 rings (SSSR count). The molecule has 3 heterocycles. The second-order valence-corrected chi connectivity index (χ2v) is 6.20. The zero-order valence-electron chi connectivity index (χ0n) is 14.9. The van der Waals surface area contributed by atoms with Crippen LogP contribution in [0.5, 0.6) is 0 Å². The molecule has 8 nitrogen and oxygen atoms in total. The Morgan fingerprint density at radius 1 is 1.28 bits per heavy atom. The number of aryl methyl sites for hydroxylation is 2. The molecule has 0 N–H and O–H groups in total. The van der Waals surface area contributed by atoms with Crippen LogP contribution in [-0.4, -0.2) is 64.5 Å². The number of carbonyl (C=O) groups is 1. The van der Waals surface area contributed by atoms with Crippen LogP contribution in [-0.2, 0) is 4.74 Å². The first-order valence-corrected chi connectivity index (χ1v) is 8.17. The normalized spacial score (nSPS) is 17.4. The third-order valence-electron chi connectivity index (χ3n) is 4.08. The lowest BCUT2D eigenvalue weighted by Crippen LogP contribution is -2.42. The SMILES string of the molecule is Cc1ncc(C(=O)N2CCOC(c3ccnc(N(C)C)n3)C2)c(C)n1. The summed E-state index contributed by atoms with van der Waals surface area (Å²) in [5.74, 6) is 1.20. The molecule has 2 aromatic heterocycles. The van der Waals surface area contributed by atoms with Crippen LogP contribution in [0.15, 0.2) is 18.5 Å². The molecule has 0 spiro atoms. The van der Waals surface area contributed by atoms with Crippen LogP contribution in [0.4, 0.5) is 5.95 Å². The van der Waals surface area contributed by atoms with Gasteiger partial charge in [0, 0.05) is 33.0 Å². The summed E-state index contributed by atoms with van der Waals surface area (Å²) in [7, 11) is 3.77. The summed E-state index contributed by atoms with van der Waals surface area (Å²) in [6.45, 7) is 5.07. The molecule has 1 atom stereocenters.